The molecule has 0 aromatic heterocycles. The Bertz CT molecular complexity index is 634. The Morgan fingerprint density at radius 1 is 0.944 bits per heavy atom. The number of rotatable bonds is 1. The molecular formula is C18H16. The summed E-state index contributed by atoms with van der Waals surface area (Å²) in [7, 11) is 0. The number of aryl methyl sites for hydroxylation is 1. The maximum absolute atomic E-state index is 2.42. The Morgan fingerprint density at radius 3 is 2.89 bits per heavy atom. The van der Waals surface area contributed by atoms with Crippen LogP contribution in [-0.4, -0.2) is 0 Å². The molecule has 1 atom stereocenters. The fourth-order valence-corrected chi connectivity index (χ4v) is 3.40. The molecule has 0 spiro atoms. The maximum Gasteiger partial charge on any atom is 0.00953 e. The summed E-state index contributed by atoms with van der Waals surface area (Å²) in [4.78, 5) is 0. The molecule has 0 amide bonds. The highest BCUT2D eigenvalue weighted by molar-refractivity contribution is 5.61. The lowest BCUT2D eigenvalue weighted by Gasteiger charge is -2.13. The van der Waals surface area contributed by atoms with Gasteiger partial charge in [-0.1, -0.05) is 54.6 Å². The molecule has 0 heterocycles. The van der Waals surface area contributed by atoms with E-state index in [1.54, 1.807) is 11.1 Å². The molecule has 88 valence electrons. The van der Waals surface area contributed by atoms with Crippen LogP contribution in [-0.2, 0) is 12.8 Å². The predicted octanol–water partition coefficient (Wildman–Crippen LogP) is 4.33. The summed E-state index contributed by atoms with van der Waals surface area (Å²) in [6.07, 6.45) is 8.11. The fourth-order valence-electron chi connectivity index (χ4n) is 3.40. The first-order chi connectivity index (χ1) is 8.92. The molecule has 0 saturated heterocycles. The summed E-state index contributed by atoms with van der Waals surface area (Å²) in [5, 5.41) is 0. The van der Waals surface area contributed by atoms with Crippen molar-refractivity contribution < 1.29 is 0 Å². The van der Waals surface area contributed by atoms with Crippen molar-refractivity contribution in [1.29, 1.82) is 0 Å². The summed E-state index contributed by atoms with van der Waals surface area (Å²) in [5.74, 6) is 0.618. The van der Waals surface area contributed by atoms with Gasteiger partial charge in [-0.25, -0.2) is 0 Å². The molecule has 0 aliphatic heterocycles. The Hall–Kier alpha value is -1.82. The summed E-state index contributed by atoms with van der Waals surface area (Å²) < 4.78 is 0. The van der Waals surface area contributed by atoms with Crippen molar-refractivity contribution in [1.82, 2.24) is 0 Å². The molecule has 2 aromatic carbocycles. The first kappa shape index (κ1) is 10.1. The van der Waals surface area contributed by atoms with Gasteiger partial charge >= 0.3 is 0 Å². The first-order valence-corrected chi connectivity index (χ1v) is 6.79. The van der Waals surface area contributed by atoms with Gasteiger partial charge in [-0.05, 0) is 47.1 Å². The zero-order chi connectivity index (χ0) is 11.9. The molecule has 0 bridgehead atoms. The van der Waals surface area contributed by atoms with E-state index in [4.69, 9.17) is 0 Å². The molecule has 0 nitrogen and oxygen atoms in total. The average molecular weight is 232 g/mol. The zero-order valence-corrected chi connectivity index (χ0v) is 10.4. The quantitative estimate of drug-likeness (QED) is 0.686. The van der Waals surface area contributed by atoms with E-state index in [1.165, 1.54) is 29.5 Å². The molecule has 1 unspecified atom stereocenters. The van der Waals surface area contributed by atoms with E-state index >= 15 is 0 Å². The van der Waals surface area contributed by atoms with Crippen LogP contribution < -0.4 is 0 Å². The molecule has 2 aromatic rings. The monoisotopic (exact) mass is 232 g/mol. The third kappa shape index (κ3) is 1.45. The van der Waals surface area contributed by atoms with Gasteiger partial charge in [-0.3, -0.25) is 0 Å². The molecular weight excluding hydrogens is 216 g/mol. The van der Waals surface area contributed by atoms with Gasteiger partial charge in [0.05, 0.1) is 0 Å². The molecule has 0 fully saturated rings. The van der Waals surface area contributed by atoms with E-state index in [1.807, 2.05) is 0 Å². The average Bonchev–Trinajstić information content (AvgIpc) is 3.04. The number of allylic oxidation sites excluding steroid dienone is 1. The van der Waals surface area contributed by atoms with Crippen LogP contribution in [0.25, 0.3) is 6.08 Å². The molecule has 0 radical (unpaired) electrons. The van der Waals surface area contributed by atoms with E-state index in [0.29, 0.717) is 5.92 Å². The van der Waals surface area contributed by atoms with Crippen molar-refractivity contribution in [3.8, 4) is 0 Å². The van der Waals surface area contributed by atoms with E-state index < -0.39 is 0 Å². The third-order valence-corrected chi connectivity index (χ3v) is 4.34. The molecule has 0 N–H and O–H groups in total. The zero-order valence-electron chi connectivity index (χ0n) is 10.4. The smallest absolute Gasteiger partial charge is 0.00953 e. The minimum Gasteiger partial charge on any atom is -0.0795 e. The Labute approximate surface area is 108 Å². The normalized spacial score (nSPS) is 19.9. The van der Waals surface area contributed by atoms with Gasteiger partial charge in [-0.15, -0.1) is 0 Å². The first-order valence-electron chi connectivity index (χ1n) is 6.79. The molecule has 0 heteroatoms. The minimum absolute atomic E-state index is 0.618. The summed E-state index contributed by atoms with van der Waals surface area (Å²) in [6, 6.07) is 15.9. The lowest BCUT2D eigenvalue weighted by molar-refractivity contribution is 0.787. The van der Waals surface area contributed by atoms with Crippen LogP contribution in [0.1, 0.15) is 40.2 Å². The lowest BCUT2D eigenvalue weighted by Crippen LogP contribution is -1.97. The van der Waals surface area contributed by atoms with E-state index in [2.05, 4.69) is 54.6 Å². The lowest BCUT2D eigenvalue weighted by atomic mass is 9.91. The second-order valence-corrected chi connectivity index (χ2v) is 5.35. The fraction of sp³-hybridized carbons (Fsp3) is 0.222. The number of benzene rings is 2. The van der Waals surface area contributed by atoms with Gasteiger partial charge in [0.1, 0.15) is 0 Å². The van der Waals surface area contributed by atoms with Crippen molar-refractivity contribution >= 4 is 6.08 Å². The minimum atomic E-state index is 0.618. The second kappa shape index (κ2) is 3.84. The van der Waals surface area contributed by atoms with Crippen molar-refractivity contribution in [2.24, 2.45) is 0 Å². The molecule has 2 aliphatic carbocycles. The van der Waals surface area contributed by atoms with Crippen LogP contribution >= 0.6 is 0 Å². The highest BCUT2D eigenvalue weighted by Gasteiger charge is 2.23. The molecule has 18 heavy (non-hydrogen) atoms. The molecule has 2 aliphatic rings. The number of hydrogen-bond donors (Lipinski definition) is 0. The Kier molecular flexibility index (Phi) is 2.16. The van der Waals surface area contributed by atoms with Crippen molar-refractivity contribution in [3.63, 3.8) is 0 Å². The summed E-state index contributed by atoms with van der Waals surface area (Å²) in [5.41, 5.74) is 7.49. The van der Waals surface area contributed by atoms with Gasteiger partial charge in [0.25, 0.3) is 0 Å². The predicted molar refractivity (Wildman–Crippen MR) is 75.8 cm³/mol. The van der Waals surface area contributed by atoms with Crippen LogP contribution in [0.4, 0.5) is 0 Å². The SMILES string of the molecule is C1=Cc2ccc(C3CCc4ccccc43)cc2C1. The Balaban J connectivity index is 1.77. The van der Waals surface area contributed by atoms with Crippen LogP contribution in [0.5, 0.6) is 0 Å². The van der Waals surface area contributed by atoms with Crippen molar-refractivity contribution in [2.45, 2.75) is 25.2 Å². The van der Waals surface area contributed by atoms with Crippen LogP contribution in [0.3, 0.4) is 0 Å². The van der Waals surface area contributed by atoms with Crippen LogP contribution in [0.2, 0.25) is 0 Å². The highest BCUT2D eigenvalue weighted by atomic mass is 14.3. The van der Waals surface area contributed by atoms with E-state index in [9.17, 15) is 0 Å². The van der Waals surface area contributed by atoms with Gasteiger partial charge in [0, 0.05) is 5.92 Å². The number of fused-ring (bicyclic) bond motifs is 2. The van der Waals surface area contributed by atoms with Crippen molar-refractivity contribution in [2.75, 3.05) is 0 Å². The topological polar surface area (TPSA) is 0 Å². The van der Waals surface area contributed by atoms with Gasteiger partial charge < -0.3 is 0 Å². The van der Waals surface area contributed by atoms with Crippen LogP contribution in [0, 0.1) is 0 Å². The Morgan fingerprint density at radius 2 is 1.89 bits per heavy atom. The van der Waals surface area contributed by atoms with Gasteiger partial charge in [0.2, 0.25) is 0 Å². The van der Waals surface area contributed by atoms with E-state index in [0.717, 1.165) is 6.42 Å². The standard InChI is InChI=1S/C18H16/c1-2-7-17-14(4-1)10-11-18(17)16-9-8-13-5-3-6-15(13)12-16/h1-5,7-9,12,18H,6,10-11H2. The second-order valence-electron chi connectivity index (χ2n) is 5.35. The third-order valence-electron chi connectivity index (χ3n) is 4.34. The summed E-state index contributed by atoms with van der Waals surface area (Å²) in [6.45, 7) is 0. The van der Waals surface area contributed by atoms with Gasteiger partial charge in [-0.2, -0.15) is 0 Å². The number of hydrogen-bond acceptors (Lipinski definition) is 0. The molecule has 0 saturated carbocycles. The largest absolute Gasteiger partial charge is 0.0795 e. The highest BCUT2D eigenvalue weighted by Crippen LogP contribution is 2.38. The summed E-state index contributed by atoms with van der Waals surface area (Å²) >= 11 is 0. The maximum atomic E-state index is 2.42. The van der Waals surface area contributed by atoms with Crippen molar-refractivity contribution in [3.05, 3.63) is 76.4 Å². The van der Waals surface area contributed by atoms with Crippen LogP contribution in [0.15, 0.2) is 48.5 Å². The van der Waals surface area contributed by atoms with E-state index in [-0.39, 0.29) is 0 Å². The molecule has 4 rings (SSSR count). The van der Waals surface area contributed by atoms with Gasteiger partial charge in [0.15, 0.2) is 0 Å².